The van der Waals surface area contributed by atoms with Crippen LogP contribution in [0.1, 0.15) is 82.6 Å². The second kappa shape index (κ2) is 15.9. The zero-order valence-corrected chi connectivity index (χ0v) is 40.6. The van der Waals surface area contributed by atoms with Crippen molar-refractivity contribution >= 4 is 94.7 Å². The van der Waals surface area contributed by atoms with E-state index in [-0.39, 0.29) is 22.7 Å². The van der Waals surface area contributed by atoms with Crippen LogP contribution in [0.2, 0.25) is 0 Å². The van der Waals surface area contributed by atoms with Gasteiger partial charge in [-0.3, -0.25) is 0 Å². The number of para-hydroxylation sites is 5. The maximum Gasteiger partial charge on any atom is 0.159 e. The smallest absolute Gasteiger partial charge is 0.159 e. The average molecular weight is 901 g/mol. The lowest BCUT2D eigenvalue weighted by molar-refractivity contribution is 0.522. The van der Waals surface area contributed by atoms with Gasteiger partial charge >= 0.3 is 0 Å². The van der Waals surface area contributed by atoms with Gasteiger partial charge in [-0.2, -0.15) is 0 Å². The number of rotatable bonds is 7. The Morgan fingerprint density at radius 2 is 1.22 bits per heavy atom. The Bertz CT molecular complexity index is 3780. The highest BCUT2D eigenvalue weighted by molar-refractivity contribution is 6.13. The van der Waals surface area contributed by atoms with Gasteiger partial charge in [-0.1, -0.05) is 157 Å². The van der Waals surface area contributed by atoms with E-state index in [9.17, 15) is 0 Å². The van der Waals surface area contributed by atoms with Crippen molar-refractivity contribution < 1.29 is 13.3 Å². The molecule has 12 rings (SSSR count). The molecule has 3 heterocycles. The van der Waals surface area contributed by atoms with Crippen molar-refractivity contribution in [1.29, 1.82) is 0 Å². The van der Waals surface area contributed by atoms with Crippen LogP contribution in [-0.4, -0.2) is 0 Å². The van der Waals surface area contributed by atoms with Crippen molar-refractivity contribution in [3.05, 3.63) is 210 Å². The highest BCUT2D eigenvalue weighted by atomic mass is 16.3. The molecule has 69 heavy (non-hydrogen) atoms. The molecule has 0 saturated heterocycles. The van der Waals surface area contributed by atoms with Gasteiger partial charge in [0.1, 0.15) is 22.7 Å². The number of hydrogen-bond acceptors (Lipinski definition) is 5. The van der Waals surface area contributed by atoms with E-state index in [1.54, 1.807) is 0 Å². The molecule has 2 aliphatic rings. The molecule has 0 fully saturated rings. The summed E-state index contributed by atoms with van der Waals surface area (Å²) in [5.41, 5.74) is 14.5. The summed E-state index contributed by atoms with van der Waals surface area (Å²) in [6.45, 7) is 17.8. The van der Waals surface area contributed by atoms with Crippen LogP contribution in [0.25, 0.3) is 66.3 Å². The fourth-order valence-electron chi connectivity index (χ4n) is 11.2. The molecule has 0 radical (unpaired) electrons. The van der Waals surface area contributed by atoms with E-state index in [1.165, 1.54) is 22.1 Å². The van der Waals surface area contributed by atoms with Crippen LogP contribution in [0.3, 0.4) is 0 Å². The van der Waals surface area contributed by atoms with Crippen LogP contribution in [0, 0.1) is 18.3 Å². The van der Waals surface area contributed by atoms with E-state index in [0.29, 0.717) is 0 Å². The Morgan fingerprint density at radius 3 is 1.91 bits per heavy atom. The summed E-state index contributed by atoms with van der Waals surface area (Å²) in [6, 6.07) is 52.0. The minimum absolute atomic E-state index is 0.0712. The zero-order chi connectivity index (χ0) is 47.3. The van der Waals surface area contributed by atoms with E-state index in [2.05, 4.69) is 247 Å². The first-order chi connectivity index (χ1) is 33.4. The van der Waals surface area contributed by atoms with E-state index in [1.807, 2.05) is 0 Å². The number of furan rings is 3. The largest absolute Gasteiger partial charge is 0.456 e. The van der Waals surface area contributed by atoms with Crippen LogP contribution in [0.4, 0.5) is 28.4 Å². The average Bonchev–Trinajstić information content (AvgIpc) is 4.04. The summed E-state index contributed by atoms with van der Waals surface area (Å²) < 4.78 is 20.6. The predicted molar refractivity (Wildman–Crippen MR) is 290 cm³/mol. The summed E-state index contributed by atoms with van der Waals surface area (Å²) in [6.07, 6.45) is 13.8. The molecule has 7 aromatic carbocycles. The topological polar surface area (TPSA) is 45.9 Å². The minimum Gasteiger partial charge on any atom is -0.456 e. The van der Waals surface area contributed by atoms with Crippen molar-refractivity contribution in [3.8, 4) is 0 Å². The van der Waals surface area contributed by atoms with Crippen molar-refractivity contribution in [1.82, 2.24) is 0 Å². The molecule has 2 unspecified atom stereocenters. The number of allylic oxidation sites excluding steroid dienone is 6. The number of aryl methyl sites for hydroxylation is 1. The Kier molecular flexibility index (Phi) is 9.82. The summed E-state index contributed by atoms with van der Waals surface area (Å²) >= 11 is 0. The van der Waals surface area contributed by atoms with Crippen LogP contribution in [0.15, 0.2) is 195 Å². The van der Waals surface area contributed by atoms with Gasteiger partial charge < -0.3 is 23.1 Å². The van der Waals surface area contributed by atoms with E-state index < -0.39 is 0 Å². The number of hydrogen-bond donors (Lipinski definition) is 0. The third-order valence-corrected chi connectivity index (χ3v) is 14.4. The van der Waals surface area contributed by atoms with Gasteiger partial charge in [0.15, 0.2) is 11.2 Å². The molecule has 340 valence electrons. The van der Waals surface area contributed by atoms with Crippen molar-refractivity contribution in [2.24, 2.45) is 11.3 Å². The second-order valence-electron chi connectivity index (χ2n) is 20.8. The molecule has 2 aliphatic carbocycles. The SMILES string of the molecule is C/C=C(\c1oc2c(N(C3=CC4C=Cc5oc6ccc7cc(N(c8ccccc8)c8cccc9c8oc8c(C(C)(C)C)cccc89)ccc7c6c5C4C=C3)c3ccccc3)cccc2c1C)C(C)(C)C. The monoisotopic (exact) mass is 900 g/mol. The summed E-state index contributed by atoms with van der Waals surface area (Å²) in [7, 11) is 0. The standard InChI is InChI=1S/C64H56N2O3/c1-9-51(63(3,4)5)59-39(2)46-23-17-27-53(61(46)68-59)65(42-19-12-10-13-20-42)44-31-33-47-40(37-44)29-35-55-57(47)58-48-34-32-45(38-41(48)30-36-56(58)67-55)66(43-21-14-11-15-22-43)54-28-18-25-50-49-24-16-26-52(64(6,7)8)60(49)69-62(50)54/h9-38,40,47H,1-8H3/b51-9+. The highest BCUT2D eigenvalue weighted by Crippen LogP contribution is 2.50. The molecule has 5 nitrogen and oxygen atoms in total. The number of anilines is 5. The second-order valence-corrected chi connectivity index (χ2v) is 20.8. The minimum atomic E-state index is -0.0740. The Morgan fingerprint density at radius 1 is 0.565 bits per heavy atom. The lowest BCUT2D eigenvalue weighted by atomic mass is 9.77. The van der Waals surface area contributed by atoms with Crippen LogP contribution < -0.4 is 9.80 Å². The zero-order valence-electron chi connectivity index (χ0n) is 40.6. The quantitative estimate of drug-likeness (QED) is 0.159. The number of benzene rings is 7. The fourth-order valence-corrected chi connectivity index (χ4v) is 11.2. The van der Waals surface area contributed by atoms with Crippen LogP contribution in [-0.2, 0) is 5.41 Å². The maximum atomic E-state index is 6.96. The molecule has 2 atom stereocenters. The van der Waals surface area contributed by atoms with Crippen molar-refractivity contribution in [2.45, 2.75) is 66.7 Å². The first kappa shape index (κ1) is 42.6. The fraction of sp³-hybridized carbons (Fsp3) is 0.188. The predicted octanol–water partition coefficient (Wildman–Crippen LogP) is 18.8. The van der Waals surface area contributed by atoms with Gasteiger partial charge in [-0.05, 0) is 108 Å². The maximum absolute atomic E-state index is 6.96. The van der Waals surface area contributed by atoms with Gasteiger partial charge in [0.05, 0.1) is 11.4 Å². The Balaban J connectivity index is 0.958. The van der Waals surface area contributed by atoms with Crippen molar-refractivity contribution in [2.75, 3.05) is 9.80 Å². The molecule has 0 bridgehead atoms. The normalized spacial score (nSPS) is 16.2. The Hall–Kier alpha value is -7.76. The number of fused-ring (bicyclic) bond motifs is 11. The molecule has 0 N–H and O–H groups in total. The van der Waals surface area contributed by atoms with Crippen LogP contribution >= 0.6 is 0 Å². The third kappa shape index (κ3) is 6.89. The van der Waals surface area contributed by atoms with Gasteiger partial charge in [0, 0.05) is 72.8 Å². The van der Waals surface area contributed by atoms with Crippen LogP contribution in [0.5, 0.6) is 0 Å². The lowest BCUT2D eigenvalue weighted by Gasteiger charge is -2.32. The van der Waals surface area contributed by atoms with E-state index in [0.717, 1.165) is 100 Å². The highest BCUT2D eigenvalue weighted by Gasteiger charge is 2.34. The third-order valence-electron chi connectivity index (χ3n) is 14.4. The number of nitrogens with zero attached hydrogens (tertiary/aromatic N) is 2. The molecule has 10 aromatic rings. The van der Waals surface area contributed by atoms with Gasteiger partial charge in [-0.15, -0.1) is 0 Å². The molecule has 3 aromatic heterocycles. The molecule has 0 spiro atoms. The molecule has 0 amide bonds. The van der Waals surface area contributed by atoms with Gasteiger partial charge in [0.25, 0.3) is 0 Å². The first-order valence-electron chi connectivity index (χ1n) is 24.3. The Labute approximate surface area is 403 Å². The first-order valence-corrected chi connectivity index (χ1v) is 24.3. The molecule has 5 heteroatoms. The molecular formula is C64H56N2O3. The summed E-state index contributed by atoms with van der Waals surface area (Å²) in [5.74, 6) is 2.05. The molecule has 0 saturated carbocycles. The summed E-state index contributed by atoms with van der Waals surface area (Å²) in [4.78, 5) is 4.69. The molecular weight excluding hydrogens is 845 g/mol. The summed E-state index contributed by atoms with van der Waals surface area (Å²) in [5, 5.41) is 6.84. The van der Waals surface area contributed by atoms with Gasteiger partial charge in [0.2, 0.25) is 0 Å². The lowest BCUT2D eigenvalue weighted by Crippen LogP contribution is -2.21. The van der Waals surface area contributed by atoms with Crippen molar-refractivity contribution in [3.63, 3.8) is 0 Å². The van der Waals surface area contributed by atoms with Gasteiger partial charge in [-0.25, -0.2) is 0 Å². The van der Waals surface area contributed by atoms with E-state index >= 15 is 0 Å². The van der Waals surface area contributed by atoms with E-state index in [4.69, 9.17) is 13.3 Å². The molecule has 0 aliphatic heterocycles.